The number of fused-ring (bicyclic) bond motifs is 2. The average molecular weight is 392 g/mol. The van der Waals surface area contributed by atoms with Gasteiger partial charge in [0.05, 0.1) is 5.41 Å². The largest absolute Gasteiger partial charge is 0.454 e. The molecule has 29 heavy (non-hydrogen) atoms. The number of hydrogen-bond donors (Lipinski definition) is 1. The van der Waals surface area contributed by atoms with Gasteiger partial charge in [0.1, 0.15) is 5.78 Å². The second-order valence-corrected chi connectivity index (χ2v) is 9.51. The SMILES string of the molecule is Cc1c(C(C)(C)C)[nH]c2ccc(CC(=O)C3(c4ccc5c(c4)OCO5)CC3)cc12.[HH]. The van der Waals surface area contributed by atoms with E-state index in [9.17, 15) is 4.79 Å². The summed E-state index contributed by atoms with van der Waals surface area (Å²) in [5, 5.41) is 1.22. The topological polar surface area (TPSA) is 51.3 Å². The van der Waals surface area contributed by atoms with Crippen LogP contribution in [0.15, 0.2) is 36.4 Å². The molecular weight excluding hydrogens is 362 g/mol. The minimum absolute atomic E-state index is 0. The molecule has 1 fully saturated rings. The second kappa shape index (κ2) is 6.12. The highest BCUT2D eigenvalue weighted by Crippen LogP contribution is 2.51. The summed E-state index contributed by atoms with van der Waals surface area (Å²) in [6, 6.07) is 12.3. The van der Waals surface area contributed by atoms with Crippen molar-refractivity contribution >= 4 is 16.7 Å². The van der Waals surface area contributed by atoms with Gasteiger partial charge < -0.3 is 14.5 Å². The zero-order valence-corrected chi connectivity index (χ0v) is 17.5. The van der Waals surface area contributed by atoms with Crippen LogP contribution in [0.25, 0.3) is 10.9 Å². The van der Waals surface area contributed by atoms with E-state index in [4.69, 9.17) is 9.47 Å². The molecular formula is C25H29NO3. The van der Waals surface area contributed by atoms with E-state index in [-0.39, 0.29) is 19.0 Å². The number of benzene rings is 2. The first kappa shape index (κ1) is 18.3. The predicted molar refractivity (Wildman–Crippen MR) is 116 cm³/mol. The first-order valence-corrected chi connectivity index (χ1v) is 10.3. The fourth-order valence-corrected chi connectivity index (χ4v) is 4.64. The number of rotatable bonds is 4. The standard InChI is InChI=1S/C25H27NO3.H2/c1-15-18-11-16(5-7-19(18)26-23(15)24(2,3)4)12-22(27)25(9-10-25)17-6-8-20-21(13-17)29-14-28-20;/h5-8,11,13,26H,9-10,12,14H2,1-4H3;1H. The van der Waals surface area contributed by atoms with Crippen molar-refractivity contribution < 1.29 is 15.7 Å². The first-order chi connectivity index (χ1) is 13.8. The maximum absolute atomic E-state index is 13.3. The van der Waals surface area contributed by atoms with Gasteiger partial charge in [-0.3, -0.25) is 4.79 Å². The van der Waals surface area contributed by atoms with E-state index in [1.165, 1.54) is 16.6 Å². The van der Waals surface area contributed by atoms with Crippen LogP contribution in [-0.2, 0) is 22.0 Å². The van der Waals surface area contributed by atoms with E-state index in [2.05, 4.69) is 50.9 Å². The van der Waals surface area contributed by atoms with Gasteiger partial charge in [0.15, 0.2) is 11.5 Å². The zero-order chi connectivity index (χ0) is 20.4. The maximum atomic E-state index is 13.3. The quantitative estimate of drug-likeness (QED) is 0.630. The lowest BCUT2D eigenvalue weighted by Crippen LogP contribution is -2.22. The normalized spacial score (nSPS) is 17.0. The molecule has 1 aliphatic carbocycles. The Labute approximate surface area is 172 Å². The van der Waals surface area contributed by atoms with E-state index < -0.39 is 0 Å². The molecule has 0 amide bonds. The number of ether oxygens (including phenoxy) is 2. The molecule has 0 spiro atoms. The number of ketones is 1. The molecule has 1 saturated carbocycles. The fourth-order valence-electron chi connectivity index (χ4n) is 4.64. The molecule has 2 aliphatic rings. The molecule has 0 saturated heterocycles. The molecule has 0 atom stereocenters. The minimum atomic E-state index is -0.361. The third-order valence-corrected chi connectivity index (χ3v) is 6.45. The summed E-state index contributed by atoms with van der Waals surface area (Å²) in [7, 11) is 0. The summed E-state index contributed by atoms with van der Waals surface area (Å²) >= 11 is 0. The monoisotopic (exact) mass is 391 g/mol. The average Bonchev–Trinajstić information content (AvgIpc) is 3.24. The lowest BCUT2D eigenvalue weighted by atomic mass is 9.87. The molecule has 1 aliphatic heterocycles. The summed E-state index contributed by atoms with van der Waals surface area (Å²) in [6.45, 7) is 9.08. The van der Waals surface area contributed by atoms with Gasteiger partial charge in [-0.1, -0.05) is 32.9 Å². The van der Waals surface area contributed by atoms with Crippen molar-refractivity contribution in [2.75, 3.05) is 6.79 Å². The van der Waals surface area contributed by atoms with E-state index in [1.807, 2.05) is 18.2 Å². The number of carbonyl (C=O) groups is 1. The van der Waals surface area contributed by atoms with Gasteiger partial charge in [-0.25, -0.2) is 0 Å². The third-order valence-electron chi connectivity index (χ3n) is 6.45. The molecule has 1 aromatic heterocycles. The summed E-state index contributed by atoms with van der Waals surface area (Å²) < 4.78 is 10.9. The van der Waals surface area contributed by atoms with Gasteiger partial charge in [0, 0.05) is 29.9 Å². The van der Waals surface area contributed by atoms with Crippen LogP contribution in [0.4, 0.5) is 0 Å². The Morgan fingerprint density at radius 2 is 1.86 bits per heavy atom. The summed E-state index contributed by atoms with van der Waals surface area (Å²) in [5.41, 5.74) is 5.52. The molecule has 4 nitrogen and oxygen atoms in total. The Hall–Kier alpha value is -2.75. The highest BCUT2D eigenvalue weighted by atomic mass is 16.7. The van der Waals surface area contributed by atoms with Crippen LogP contribution in [0.3, 0.4) is 0 Å². The van der Waals surface area contributed by atoms with Crippen molar-refractivity contribution in [3.8, 4) is 11.5 Å². The highest BCUT2D eigenvalue weighted by molar-refractivity contribution is 5.95. The fraction of sp³-hybridized carbons (Fsp3) is 0.400. The third kappa shape index (κ3) is 2.93. The van der Waals surface area contributed by atoms with Crippen molar-refractivity contribution in [3.63, 3.8) is 0 Å². The van der Waals surface area contributed by atoms with E-state index >= 15 is 0 Å². The molecule has 2 heterocycles. The zero-order valence-electron chi connectivity index (χ0n) is 17.5. The van der Waals surface area contributed by atoms with E-state index in [0.29, 0.717) is 12.2 Å². The Bertz CT molecular complexity index is 1140. The van der Waals surface area contributed by atoms with Crippen molar-refractivity contribution in [2.45, 2.75) is 57.8 Å². The second-order valence-electron chi connectivity index (χ2n) is 9.51. The lowest BCUT2D eigenvalue weighted by molar-refractivity contribution is -0.120. The molecule has 152 valence electrons. The molecule has 2 aromatic carbocycles. The number of nitrogens with one attached hydrogen (secondary N) is 1. The van der Waals surface area contributed by atoms with Crippen molar-refractivity contribution in [3.05, 3.63) is 58.8 Å². The summed E-state index contributed by atoms with van der Waals surface area (Å²) in [6.07, 6.45) is 2.27. The molecule has 3 aromatic rings. The number of aryl methyl sites for hydroxylation is 1. The first-order valence-electron chi connectivity index (χ1n) is 10.3. The Balaban J connectivity index is 0.00000218. The van der Waals surface area contributed by atoms with Gasteiger partial charge in [-0.05, 0) is 60.7 Å². The van der Waals surface area contributed by atoms with Crippen molar-refractivity contribution in [1.82, 2.24) is 4.98 Å². The number of carbonyl (C=O) groups excluding carboxylic acids is 1. The van der Waals surface area contributed by atoms with Gasteiger partial charge in [-0.2, -0.15) is 0 Å². The van der Waals surface area contributed by atoms with Crippen LogP contribution >= 0.6 is 0 Å². The number of Topliss-reactive ketones (excluding diaryl/α,β-unsaturated/α-hetero) is 1. The highest BCUT2D eigenvalue weighted by Gasteiger charge is 2.50. The van der Waals surface area contributed by atoms with Gasteiger partial charge in [0.25, 0.3) is 0 Å². The molecule has 1 N–H and O–H groups in total. The molecule has 0 unspecified atom stereocenters. The summed E-state index contributed by atoms with van der Waals surface area (Å²) in [5.74, 6) is 1.81. The van der Waals surface area contributed by atoms with Gasteiger partial charge >= 0.3 is 0 Å². The Morgan fingerprint density at radius 1 is 1.10 bits per heavy atom. The minimum Gasteiger partial charge on any atom is -0.454 e. The Kier molecular flexibility index (Phi) is 3.86. The number of H-pyrrole nitrogens is 1. The Morgan fingerprint density at radius 3 is 2.59 bits per heavy atom. The summed E-state index contributed by atoms with van der Waals surface area (Å²) in [4.78, 5) is 16.9. The lowest BCUT2D eigenvalue weighted by Gasteiger charge is -2.18. The molecule has 5 rings (SSSR count). The van der Waals surface area contributed by atoms with Crippen LogP contribution in [0.2, 0.25) is 0 Å². The van der Waals surface area contributed by atoms with Crippen LogP contribution in [-0.4, -0.2) is 17.6 Å². The maximum Gasteiger partial charge on any atom is 0.231 e. The number of aromatic amines is 1. The van der Waals surface area contributed by atoms with Gasteiger partial charge in [-0.15, -0.1) is 0 Å². The molecule has 0 radical (unpaired) electrons. The van der Waals surface area contributed by atoms with Crippen molar-refractivity contribution in [1.29, 1.82) is 0 Å². The van der Waals surface area contributed by atoms with Crippen LogP contribution in [0.5, 0.6) is 11.5 Å². The van der Waals surface area contributed by atoms with Crippen LogP contribution in [0, 0.1) is 6.92 Å². The predicted octanol–water partition coefficient (Wildman–Crippen LogP) is 5.59. The number of hydrogen-bond acceptors (Lipinski definition) is 3. The van der Waals surface area contributed by atoms with E-state index in [1.54, 1.807) is 0 Å². The van der Waals surface area contributed by atoms with Crippen LogP contribution in [0.1, 0.15) is 57.4 Å². The van der Waals surface area contributed by atoms with E-state index in [0.717, 1.165) is 41.0 Å². The van der Waals surface area contributed by atoms with Crippen LogP contribution < -0.4 is 9.47 Å². The van der Waals surface area contributed by atoms with Gasteiger partial charge in [0.2, 0.25) is 6.79 Å². The molecule has 4 heteroatoms. The van der Waals surface area contributed by atoms with Crippen molar-refractivity contribution in [2.24, 2.45) is 0 Å². The molecule has 0 bridgehead atoms. The smallest absolute Gasteiger partial charge is 0.231 e. The number of aromatic nitrogens is 1.